The van der Waals surface area contributed by atoms with Crippen molar-refractivity contribution >= 4 is 50.7 Å². The van der Waals surface area contributed by atoms with Gasteiger partial charge in [0.15, 0.2) is 0 Å². The molecule has 0 heterocycles. The predicted octanol–water partition coefficient (Wildman–Crippen LogP) is 6.88. The fourth-order valence-electron chi connectivity index (χ4n) is 4.70. The van der Waals surface area contributed by atoms with Crippen molar-refractivity contribution in [2.75, 3.05) is 10.8 Å². The maximum Gasteiger partial charge on any atom is 0.264 e. The maximum absolute atomic E-state index is 14.4. The highest BCUT2D eigenvalue weighted by atomic mass is 35.5. The molecule has 7 nitrogen and oxygen atoms in total. The number of sulfonamides is 1. The van der Waals surface area contributed by atoms with Crippen molar-refractivity contribution in [1.29, 1.82) is 0 Å². The van der Waals surface area contributed by atoms with Gasteiger partial charge >= 0.3 is 0 Å². The zero-order valence-corrected chi connectivity index (χ0v) is 27.4. The summed E-state index contributed by atoms with van der Waals surface area (Å²) in [4.78, 5) is 29.6. The van der Waals surface area contributed by atoms with Gasteiger partial charge in [0.05, 0.1) is 20.6 Å². The molecule has 0 aromatic heterocycles. The van der Waals surface area contributed by atoms with E-state index in [0.29, 0.717) is 10.6 Å². The molecule has 4 aromatic rings. The van der Waals surface area contributed by atoms with Crippen LogP contribution in [0.3, 0.4) is 0 Å². The van der Waals surface area contributed by atoms with Gasteiger partial charge in [0.1, 0.15) is 18.4 Å². The van der Waals surface area contributed by atoms with Crippen LogP contribution in [0.1, 0.15) is 31.9 Å². The number of carbonyl (C=O) groups excluding carboxylic acids is 2. The highest BCUT2D eigenvalue weighted by molar-refractivity contribution is 7.92. The van der Waals surface area contributed by atoms with Gasteiger partial charge in [-0.1, -0.05) is 77.8 Å². The zero-order valence-electron chi connectivity index (χ0n) is 25.1. The predicted molar refractivity (Wildman–Crippen MR) is 176 cm³/mol. The summed E-state index contributed by atoms with van der Waals surface area (Å²) in [7, 11) is -4.29. The lowest BCUT2D eigenvalue weighted by atomic mass is 10.0. The number of nitrogens with zero attached hydrogens (tertiary/aromatic N) is 2. The molecule has 0 fully saturated rings. The molecule has 0 spiro atoms. The number of hydrogen-bond donors (Lipinski definition) is 1. The standard InChI is InChI=1S/C34H34Cl2FN3O4S/c1-34(2,3)38-33(42)31(21-24-10-6-4-7-11-24)39(22-25-14-19-29(35)30(36)20-25)32(41)23-40(27-17-15-26(37)16-18-27)45(43,44)28-12-8-5-9-13-28/h4-20,31H,21-23H2,1-3H3,(H,38,42)/t31-/m0/s1. The van der Waals surface area contributed by atoms with Crippen LogP contribution < -0.4 is 9.62 Å². The Morgan fingerprint density at radius 1 is 0.822 bits per heavy atom. The summed E-state index contributed by atoms with van der Waals surface area (Å²) in [5, 5.41) is 3.56. The first kappa shape index (κ1) is 34.0. The van der Waals surface area contributed by atoms with Gasteiger partial charge in [-0.05, 0) is 80.4 Å². The second kappa shape index (κ2) is 14.5. The smallest absolute Gasteiger partial charge is 0.264 e. The molecular formula is C34H34Cl2FN3O4S. The minimum Gasteiger partial charge on any atom is -0.350 e. The van der Waals surface area contributed by atoms with Crippen LogP contribution in [0.25, 0.3) is 0 Å². The molecule has 4 rings (SSSR count). The van der Waals surface area contributed by atoms with Crippen LogP contribution in [0.4, 0.5) is 10.1 Å². The lowest BCUT2D eigenvalue weighted by Gasteiger charge is -2.35. The number of hydrogen-bond acceptors (Lipinski definition) is 4. The molecule has 0 saturated carbocycles. The summed E-state index contributed by atoms with van der Waals surface area (Å²) in [5.74, 6) is -1.64. The second-order valence-corrected chi connectivity index (χ2v) is 14.2. The van der Waals surface area contributed by atoms with E-state index in [9.17, 15) is 22.4 Å². The van der Waals surface area contributed by atoms with E-state index in [1.54, 1.807) is 36.4 Å². The topological polar surface area (TPSA) is 86.8 Å². The molecular weight excluding hydrogens is 636 g/mol. The SMILES string of the molecule is CC(C)(C)NC(=O)[C@H](Cc1ccccc1)N(Cc1ccc(Cl)c(Cl)c1)C(=O)CN(c1ccc(F)cc1)S(=O)(=O)c1ccccc1. The molecule has 0 aliphatic carbocycles. The largest absolute Gasteiger partial charge is 0.350 e. The Labute approximate surface area is 273 Å². The Morgan fingerprint density at radius 3 is 2.00 bits per heavy atom. The summed E-state index contributed by atoms with van der Waals surface area (Å²) < 4.78 is 42.7. The fourth-order valence-corrected chi connectivity index (χ4v) is 6.45. The van der Waals surface area contributed by atoms with Crippen molar-refractivity contribution < 1.29 is 22.4 Å². The summed E-state index contributed by atoms with van der Waals surface area (Å²) in [6, 6.07) is 25.5. The van der Waals surface area contributed by atoms with Gasteiger partial charge in [-0.25, -0.2) is 12.8 Å². The minimum atomic E-state index is -4.29. The first-order valence-corrected chi connectivity index (χ1v) is 16.4. The van der Waals surface area contributed by atoms with Crippen LogP contribution in [0.5, 0.6) is 0 Å². The van der Waals surface area contributed by atoms with E-state index in [1.807, 2.05) is 51.1 Å². The van der Waals surface area contributed by atoms with Crippen LogP contribution in [0, 0.1) is 5.82 Å². The van der Waals surface area contributed by atoms with Crippen LogP contribution in [0.2, 0.25) is 10.0 Å². The first-order chi connectivity index (χ1) is 21.2. The molecule has 0 saturated heterocycles. The molecule has 4 aromatic carbocycles. The zero-order chi connectivity index (χ0) is 32.8. The molecule has 11 heteroatoms. The van der Waals surface area contributed by atoms with Crippen LogP contribution in [-0.2, 0) is 32.6 Å². The van der Waals surface area contributed by atoms with E-state index in [-0.39, 0.29) is 28.6 Å². The van der Waals surface area contributed by atoms with E-state index >= 15 is 0 Å². The molecule has 2 amide bonds. The van der Waals surface area contributed by atoms with Gasteiger partial charge < -0.3 is 10.2 Å². The quantitative estimate of drug-likeness (QED) is 0.189. The van der Waals surface area contributed by atoms with Gasteiger partial charge in [0.2, 0.25) is 11.8 Å². The molecule has 0 unspecified atom stereocenters. The third-order valence-electron chi connectivity index (χ3n) is 6.83. The number of halogens is 3. The Hall–Kier alpha value is -3.92. The molecule has 45 heavy (non-hydrogen) atoms. The molecule has 0 aliphatic heterocycles. The molecule has 0 radical (unpaired) electrons. The summed E-state index contributed by atoms with van der Waals surface area (Å²) in [5.41, 5.74) is 0.840. The monoisotopic (exact) mass is 669 g/mol. The van der Waals surface area contributed by atoms with E-state index in [2.05, 4.69) is 5.32 Å². The van der Waals surface area contributed by atoms with Crippen LogP contribution in [-0.4, -0.2) is 43.3 Å². The third kappa shape index (κ3) is 9.06. The van der Waals surface area contributed by atoms with Crippen molar-refractivity contribution in [3.63, 3.8) is 0 Å². The normalized spacial score (nSPS) is 12.3. The Balaban J connectivity index is 1.82. The Kier molecular flexibility index (Phi) is 10.9. The number of benzene rings is 4. The molecule has 1 atom stereocenters. The van der Waals surface area contributed by atoms with Crippen LogP contribution >= 0.6 is 23.2 Å². The highest BCUT2D eigenvalue weighted by Crippen LogP contribution is 2.27. The minimum absolute atomic E-state index is 0.0514. The number of nitrogens with one attached hydrogen (secondary N) is 1. The summed E-state index contributed by atoms with van der Waals surface area (Å²) >= 11 is 12.5. The van der Waals surface area contributed by atoms with Crippen molar-refractivity contribution in [1.82, 2.24) is 10.2 Å². The maximum atomic E-state index is 14.4. The number of anilines is 1. The molecule has 236 valence electrons. The average molecular weight is 671 g/mol. The Morgan fingerprint density at radius 2 is 1.42 bits per heavy atom. The third-order valence-corrected chi connectivity index (χ3v) is 9.36. The molecule has 1 N–H and O–H groups in total. The summed E-state index contributed by atoms with van der Waals surface area (Å²) in [6.45, 7) is 4.75. The van der Waals surface area contributed by atoms with Crippen molar-refractivity contribution in [2.24, 2.45) is 0 Å². The van der Waals surface area contributed by atoms with Gasteiger partial charge in [-0.3, -0.25) is 13.9 Å². The van der Waals surface area contributed by atoms with E-state index < -0.39 is 45.8 Å². The summed E-state index contributed by atoms with van der Waals surface area (Å²) in [6.07, 6.45) is 0.151. The van der Waals surface area contributed by atoms with Crippen molar-refractivity contribution in [3.05, 3.63) is 130 Å². The van der Waals surface area contributed by atoms with E-state index in [0.717, 1.165) is 22.0 Å². The van der Waals surface area contributed by atoms with Gasteiger partial charge in [-0.2, -0.15) is 0 Å². The lowest BCUT2D eigenvalue weighted by Crippen LogP contribution is -2.56. The van der Waals surface area contributed by atoms with Gasteiger partial charge in [0.25, 0.3) is 10.0 Å². The molecule has 0 aliphatic rings. The lowest BCUT2D eigenvalue weighted by molar-refractivity contribution is -0.140. The van der Waals surface area contributed by atoms with E-state index in [1.165, 1.54) is 29.2 Å². The van der Waals surface area contributed by atoms with Gasteiger partial charge in [0, 0.05) is 18.5 Å². The van der Waals surface area contributed by atoms with Crippen LogP contribution in [0.15, 0.2) is 108 Å². The fraction of sp³-hybridized carbons (Fsp3) is 0.235. The number of carbonyl (C=O) groups is 2. The number of amides is 2. The second-order valence-electron chi connectivity index (χ2n) is 11.5. The van der Waals surface area contributed by atoms with Gasteiger partial charge in [-0.15, -0.1) is 0 Å². The first-order valence-electron chi connectivity index (χ1n) is 14.2. The highest BCUT2D eigenvalue weighted by Gasteiger charge is 2.35. The number of rotatable bonds is 11. The Bertz CT molecular complexity index is 1730. The average Bonchev–Trinajstić information content (AvgIpc) is 3.00. The van der Waals surface area contributed by atoms with Crippen molar-refractivity contribution in [3.8, 4) is 0 Å². The van der Waals surface area contributed by atoms with Crippen molar-refractivity contribution in [2.45, 2.75) is 50.2 Å². The van der Waals surface area contributed by atoms with E-state index in [4.69, 9.17) is 23.2 Å². The molecule has 0 bridgehead atoms.